The van der Waals surface area contributed by atoms with E-state index >= 15 is 0 Å². The Bertz CT molecular complexity index is 1720. The molecule has 0 aliphatic rings. The van der Waals surface area contributed by atoms with Crippen LogP contribution in [0.3, 0.4) is 0 Å². The maximum atomic E-state index is 13.1. The normalized spacial score (nSPS) is 11.6. The number of hydrogen-bond acceptors (Lipinski definition) is 6. The monoisotopic (exact) mass is 520 g/mol. The van der Waals surface area contributed by atoms with E-state index < -0.39 is 0 Å². The number of rotatable bonds is 6. The summed E-state index contributed by atoms with van der Waals surface area (Å²) in [5.41, 5.74) is 4.73. The molecule has 7 nitrogen and oxygen atoms in total. The van der Waals surface area contributed by atoms with Gasteiger partial charge in [-0.25, -0.2) is 4.98 Å². The van der Waals surface area contributed by atoms with Crippen LogP contribution in [-0.4, -0.2) is 24.3 Å². The van der Waals surface area contributed by atoms with Crippen molar-refractivity contribution >= 4 is 22.7 Å². The topological polar surface area (TPSA) is 89.4 Å². The summed E-state index contributed by atoms with van der Waals surface area (Å²) in [5.74, 6) is 1.62. The molecule has 0 bridgehead atoms. The van der Waals surface area contributed by atoms with Crippen LogP contribution in [0.4, 0.5) is 0 Å². The Morgan fingerprint density at radius 3 is 2.37 bits per heavy atom. The van der Waals surface area contributed by atoms with Crippen LogP contribution >= 0.6 is 11.8 Å². The summed E-state index contributed by atoms with van der Waals surface area (Å²) in [6, 6.07) is 25.9. The van der Waals surface area contributed by atoms with Gasteiger partial charge >= 0.3 is 0 Å². The van der Waals surface area contributed by atoms with Crippen molar-refractivity contribution in [2.75, 3.05) is 0 Å². The number of thioether (sulfide) groups is 1. The molecule has 0 aliphatic carbocycles. The minimum atomic E-state index is -0.215. The smallest absolute Gasteiger partial charge is 0.262 e. The van der Waals surface area contributed by atoms with Gasteiger partial charge in [0, 0.05) is 5.56 Å². The fourth-order valence-corrected chi connectivity index (χ4v) is 5.28. The van der Waals surface area contributed by atoms with Crippen LogP contribution < -0.4 is 5.56 Å². The van der Waals surface area contributed by atoms with Crippen LogP contribution in [0.15, 0.2) is 82.7 Å². The van der Waals surface area contributed by atoms with Crippen LogP contribution in [0, 0.1) is 18.3 Å². The molecule has 5 rings (SSSR count). The van der Waals surface area contributed by atoms with Gasteiger partial charge in [-0.05, 0) is 41.7 Å². The highest BCUT2D eigenvalue weighted by Crippen LogP contribution is 2.32. The van der Waals surface area contributed by atoms with Crippen LogP contribution in [0.5, 0.6) is 0 Å². The molecule has 0 spiro atoms. The molecule has 0 N–H and O–H groups in total. The molecule has 0 atom stereocenters. The number of hydrogen-bond donors (Lipinski definition) is 0. The van der Waals surface area contributed by atoms with Gasteiger partial charge in [-0.2, -0.15) is 5.26 Å². The van der Waals surface area contributed by atoms with Gasteiger partial charge in [0.05, 0.1) is 28.4 Å². The van der Waals surface area contributed by atoms with Crippen molar-refractivity contribution < 1.29 is 0 Å². The summed E-state index contributed by atoms with van der Waals surface area (Å²) in [6.07, 6.45) is 0. The molecule has 0 saturated carbocycles. The Hall–Kier alpha value is -4.22. The van der Waals surface area contributed by atoms with Crippen molar-refractivity contribution in [1.29, 1.82) is 5.26 Å². The zero-order valence-electron chi connectivity index (χ0n) is 21.8. The van der Waals surface area contributed by atoms with Gasteiger partial charge in [0.25, 0.3) is 5.56 Å². The molecule has 38 heavy (non-hydrogen) atoms. The van der Waals surface area contributed by atoms with E-state index in [0.29, 0.717) is 27.6 Å². The number of aromatic nitrogens is 5. The van der Waals surface area contributed by atoms with Crippen molar-refractivity contribution in [3.05, 3.63) is 100 Å². The van der Waals surface area contributed by atoms with Crippen molar-refractivity contribution in [3.63, 3.8) is 0 Å². The Morgan fingerprint density at radius 1 is 0.947 bits per heavy atom. The van der Waals surface area contributed by atoms with Crippen molar-refractivity contribution in [2.45, 2.75) is 50.6 Å². The molecule has 0 unspecified atom stereocenters. The zero-order valence-corrected chi connectivity index (χ0v) is 22.7. The molecule has 0 saturated heterocycles. The van der Waals surface area contributed by atoms with Gasteiger partial charge in [0.1, 0.15) is 12.4 Å². The van der Waals surface area contributed by atoms with E-state index in [2.05, 4.69) is 84.9 Å². The van der Waals surface area contributed by atoms with E-state index in [0.717, 1.165) is 22.6 Å². The lowest BCUT2D eigenvalue weighted by atomic mass is 9.87. The Morgan fingerprint density at radius 2 is 1.66 bits per heavy atom. The number of nitrogens with zero attached hydrogens (tertiary/aromatic N) is 6. The number of aryl methyl sites for hydroxylation is 1. The Kier molecular flexibility index (Phi) is 6.87. The SMILES string of the molecule is Cc1ccccc1-n1c(SCc2nc3ccccc3c(=O)n2CC#N)nnc1-c1ccc(C(C)(C)C)cc1. The first kappa shape index (κ1) is 25.4. The molecule has 0 fully saturated rings. The zero-order chi connectivity index (χ0) is 26.9. The lowest BCUT2D eigenvalue weighted by Crippen LogP contribution is -2.24. The number of fused-ring (bicyclic) bond motifs is 1. The fraction of sp³-hybridized carbons (Fsp3) is 0.233. The van der Waals surface area contributed by atoms with Crippen LogP contribution in [0.2, 0.25) is 0 Å². The Labute approximate surface area is 225 Å². The summed E-state index contributed by atoms with van der Waals surface area (Å²) < 4.78 is 3.50. The summed E-state index contributed by atoms with van der Waals surface area (Å²) in [4.78, 5) is 17.8. The molecule has 0 amide bonds. The summed E-state index contributed by atoms with van der Waals surface area (Å²) in [6.45, 7) is 8.58. The second kappa shape index (κ2) is 10.3. The number of benzene rings is 3. The molecule has 5 aromatic rings. The molecule has 2 heterocycles. The standard InChI is InChI=1S/C30H28N6OS/c1-20-9-5-8-12-25(20)36-27(21-13-15-22(16-14-21)30(2,3)4)33-34-29(36)38-19-26-32-24-11-7-6-10-23(24)28(37)35(26)18-17-31/h5-16H,18-19H2,1-4H3. The summed E-state index contributed by atoms with van der Waals surface area (Å²) >= 11 is 1.44. The van der Waals surface area contributed by atoms with E-state index in [4.69, 9.17) is 4.98 Å². The van der Waals surface area contributed by atoms with Crippen molar-refractivity contribution in [3.8, 4) is 23.1 Å². The lowest BCUT2D eigenvalue weighted by molar-refractivity contribution is 0.590. The molecule has 190 valence electrons. The van der Waals surface area contributed by atoms with E-state index in [1.165, 1.54) is 21.9 Å². The van der Waals surface area contributed by atoms with Crippen molar-refractivity contribution in [1.82, 2.24) is 24.3 Å². The van der Waals surface area contributed by atoms with Crippen LogP contribution in [-0.2, 0) is 17.7 Å². The largest absolute Gasteiger partial charge is 0.281 e. The van der Waals surface area contributed by atoms with E-state index in [9.17, 15) is 10.1 Å². The van der Waals surface area contributed by atoms with Crippen molar-refractivity contribution in [2.24, 2.45) is 0 Å². The number of para-hydroxylation sites is 2. The second-order valence-electron chi connectivity index (χ2n) is 10.1. The van der Waals surface area contributed by atoms with Crippen LogP contribution in [0.1, 0.15) is 37.7 Å². The third-order valence-electron chi connectivity index (χ3n) is 6.50. The average Bonchev–Trinajstić information content (AvgIpc) is 3.33. The molecular weight excluding hydrogens is 492 g/mol. The van der Waals surface area contributed by atoms with Gasteiger partial charge in [-0.1, -0.05) is 87.1 Å². The summed E-state index contributed by atoms with van der Waals surface area (Å²) in [5, 5.41) is 19.7. The van der Waals surface area contributed by atoms with Gasteiger partial charge in [0.2, 0.25) is 0 Å². The van der Waals surface area contributed by atoms with E-state index in [1.807, 2.05) is 24.3 Å². The minimum absolute atomic E-state index is 0.0509. The molecule has 2 aromatic heterocycles. The first-order chi connectivity index (χ1) is 18.3. The first-order valence-corrected chi connectivity index (χ1v) is 13.4. The lowest BCUT2D eigenvalue weighted by Gasteiger charge is -2.19. The summed E-state index contributed by atoms with van der Waals surface area (Å²) in [7, 11) is 0. The molecule has 3 aromatic carbocycles. The second-order valence-corrected chi connectivity index (χ2v) is 11.1. The minimum Gasteiger partial charge on any atom is -0.281 e. The molecule has 8 heteroatoms. The van der Waals surface area contributed by atoms with E-state index in [1.54, 1.807) is 12.1 Å². The highest BCUT2D eigenvalue weighted by molar-refractivity contribution is 7.98. The predicted octanol–water partition coefficient (Wildman–Crippen LogP) is 6.07. The van der Waals surface area contributed by atoms with Gasteiger partial charge in [0.15, 0.2) is 11.0 Å². The van der Waals surface area contributed by atoms with Gasteiger partial charge < -0.3 is 0 Å². The Balaban J connectivity index is 1.58. The molecule has 0 radical (unpaired) electrons. The van der Waals surface area contributed by atoms with E-state index in [-0.39, 0.29) is 17.5 Å². The molecular formula is C30H28N6OS. The third-order valence-corrected chi connectivity index (χ3v) is 7.42. The quantitative estimate of drug-likeness (QED) is 0.253. The third kappa shape index (κ3) is 4.85. The fourth-order valence-electron chi connectivity index (χ4n) is 4.39. The van der Waals surface area contributed by atoms with Gasteiger partial charge in [-0.3, -0.25) is 13.9 Å². The predicted molar refractivity (Wildman–Crippen MR) is 151 cm³/mol. The highest BCUT2D eigenvalue weighted by Gasteiger charge is 2.20. The first-order valence-electron chi connectivity index (χ1n) is 12.4. The van der Waals surface area contributed by atoms with Gasteiger partial charge in [-0.15, -0.1) is 10.2 Å². The van der Waals surface area contributed by atoms with Crippen LogP contribution in [0.25, 0.3) is 28.0 Å². The maximum absolute atomic E-state index is 13.1. The number of nitriles is 1. The molecule has 0 aliphatic heterocycles. The average molecular weight is 521 g/mol. The maximum Gasteiger partial charge on any atom is 0.262 e. The highest BCUT2D eigenvalue weighted by atomic mass is 32.2.